The number of benzene rings is 2. The van der Waals surface area contributed by atoms with Crippen LogP contribution in [0.15, 0.2) is 48.5 Å². The fourth-order valence-corrected chi connectivity index (χ4v) is 2.46. The summed E-state index contributed by atoms with van der Waals surface area (Å²) in [4.78, 5) is 25.6. The molecule has 0 fully saturated rings. The predicted octanol–water partition coefficient (Wildman–Crippen LogP) is 2.71. The van der Waals surface area contributed by atoms with Crippen molar-refractivity contribution in [2.75, 3.05) is 4.90 Å². The highest BCUT2D eigenvalue weighted by atomic mass is 35.5. The summed E-state index contributed by atoms with van der Waals surface area (Å²) in [5.41, 5.74) is 0.453. The third kappa shape index (κ3) is 2.21. The fourth-order valence-electron chi connectivity index (χ4n) is 2.27. The third-order valence-corrected chi connectivity index (χ3v) is 3.53. The second-order valence-corrected chi connectivity index (χ2v) is 5.13. The predicted molar refractivity (Wildman–Crippen MR) is 81.7 cm³/mol. The molecule has 0 saturated carbocycles. The van der Waals surface area contributed by atoms with E-state index in [2.05, 4.69) is 0 Å². The highest BCUT2D eigenvalue weighted by molar-refractivity contribution is 6.44. The van der Waals surface area contributed by atoms with Gasteiger partial charge in [-0.25, -0.2) is 4.90 Å². The Hall–Kier alpha value is -2.79. The van der Waals surface area contributed by atoms with Gasteiger partial charge in [-0.15, -0.1) is 0 Å². The van der Waals surface area contributed by atoms with Crippen LogP contribution in [0.2, 0.25) is 5.02 Å². The van der Waals surface area contributed by atoms with Crippen molar-refractivity contribution in [3.05, 3.63) is 59.1 Å². The van der Waals surface area contributed by atoms with Crippen LogP contribution in [-0.2, 0) is 9.59 Å². The summed E-state index contributed by atoms with van der Waals surface area (Å²) in [6.45, 7) is 0. The first-order valence-corrected chi connectivity index (χ1v) is 6.74. The molecule has 0 radical (unpaired) electrons. The Morgan fingerprint density at radius 1 is 1.00 bits per heavy atom. The van der Waals surface area contributed by atoms with Crippen molar-refractivity contribution in [1.29, 1.82) is 0 Å². The van der Waals surface area contributed by atoms with Crippen LogP contribution in [0.25, 0.3) is 5.57 Å². The van der Waals surface area contributed by atoms with E-state index in [1.165, 1.54) is 24.3 Å². The van der Waals surface area contributed by atoms with E-state index in [1.807, 2.05) is 0 Å². The molecule has 1 aliphatic heterocycles. The molecule has 1 heterocycles. The van der Waals surface area contributed by atoms with Gasteiger partial charge in [0.05, 0.1) is 11.3 Å². The molecular weight excluding hydrogens is 306 g/mol. The Morgan fingerprint density at radius 3 is 2.45 bits per heavy atom. The Morgan fingerprint density at radius 2 is 1.73 bits per heavy atom. The van der Waals surface area contributed by atoms with Crippen molar-refractivity contribution < 1.29 is 19.8 Å². The molecule has 2 N–H and O–H groups in total. The molecular formula is C16H10ClNO4. The summed E-state index contributed by atoms with van der Waals surface area (Å²) >= 11 is 5.88. The third-order valence-electron chi connectivity index (χ3n) is 3.29. The van der Waals surface area contributed by atoms with E-state index in [0.717, 1.165) is 11.0 Å². The molecule has 0 atom stereocenters. The van der Waals surface area contributed by atoms with Crippen LogP contribution in [0.4, 0.5) is 5.69 Å². The van der Waals surface area contributed by atoms with Gasteiger partial charge in [-0.05, 0) is 24.3 Å². The summed E-state index contributed by atoms with van der Waals surface area (Å²) in [5, 5.41) is 19.8. The zero-order chi connectivity index (χ0) is 15.9. The van der Waals surface area contributed by atoms with Crippen LogP contribution in [0.5, 0.6) is 11.5 Å². The highest BCUT2D eigenvalue weighted by Crippen LogP contribution is 2.37. The lowest BCUT2D eigenvalue weighted by Crippen LogP contribution is -2.30. The zero-order valence-corrected chi connectivity index (χ0v) is 11.9. The van der Waals surface area contributed by atoms with E-state index in [-0.39, 0.29) is 16.9 Å². The van der Waals surface area contributed by atoms with Crippen LogP contribution >= 0.6 is 11.6 Å². The Balaban J connectivity index is 2.04. The number of amides is 2. The number of carbonyl (C=O) groups is 2. The van der Waals surface area contributed by atoms with Gasteiger partial charge in [0.1, 0.15) is 0 Å². The van der Waals surface area contributed by atoms with Gasteiger partial charge in [0, 0.05) is 16.7 Å². The van der Waals surface area contributed by atoms with Gasteiger partial charge in [-0.1, -0.05) is 29.8 Å². The molecule has 1 aliphatic rings. The monoisotopic (exact) mass is 315 g/mol. The van der Waals surface area contributed by atoms with Crippen molar-refractivity contribution in [2.24, 2.45) is 0 Å². The molecule has 0 aliphatic carbocycles. The first kappa shape index (κ1) is 14.2. The molecule has 0 aromatic heterocycles. The van der Waals surface area contributed by atoms with Gasteiger partial charge in [0.2, 0.25) is 0 Å². The lowest BCUT2D eigenvalue weighted by atomic mass is 10.0. The van der Waals surface area contributed by atoms with Gasteiger partial charge in [0.15, 0.2) is 11.5 Å². The van der Waals surface area contributed by atoms with Crippen molar-refractivity contribution >= 4 is 34.7 Å². The topological polar surface area (TPSA) is 77.8 Å². The van der Waals surface area contributed by atoms with Crippen LogP contribution in [0.3, 0.4) is 0 Å². The first-order valence-electron chi connectivity index (χ1n) is 6.36. The minimum Gasteiger partial charge on any atom is -0.504 e. The smallest absolute Gasteiger partial charge is 0.266 e. The summed E-state index contributed by atoms with van der Waals surface area (Å²) in [6.07, 6.45) is 1.12. The molecule has 5 nitrogen and oxygen atoms in total. The summed E-state index contributed by atoms with van der Waals surface area (Å²) in [6, 6.07) is 10.6. The molecule has 2 aromatic carbocycles. The quantitative estimate of drug-likeness (QED) is 0.660. The van der Waals surface area contributed by atoms with Crippen molar-refractivity contribution in [3.8, 4) is 11.5 Å². The van der Waals surface area contributed by atoms with Gasteiger partial charge in [0.25, 0.3) is 11.8 Å². The molecule has 6 heteroatoms. The summed E-state index contributed by atoms with van der Waals surface area (Å²) < 4.78 is 0. The number of phenols is 2. The standard InChI is InChI=1S/C16H10ClNO4/c17-9-3-1-4-10(7-9)18-14(20)8-12(16(18)22)11-5-2-6-13(19)15(11)21/h1-8,19,21H. The number of anilines is 1. The molecule has 0 spiro atoms. The lowest BCUT2D eigenvalue weighted by molar-refractivity contribution is -0.119. The maximum absolute atomic E-state index is 12.5. The van der Waals surface area contributed by atoms with E-state index in [9.17, 15) is 19.8 Å². The maximum atomic E-state index is 12.5. The van der Waals surface area contributed by atoms with Crippen molar-refractivity contribution in [2.45, 2.75) is 0 Å². The van der Waals surface area contributed by atoms with E-state index < -0.39 is 17.6 Å². The lowest BCUT2D eigenvalue weighted by Gasteiger charge is -2.15. The van der Waals surface area contributed by atoms with Gasteiger partial charge in [-0.2, -0.15) is 0 Å². The number of para-hydroxylation sites is 1. The van der Waals surface area contributed by atoms with Crippen LogP contribution in [0, 0.1) is 0 Å². The van der Waals surface area contributed by atoms with E-state index in [1.54, 1.807) is 18.2 Å². The number of halogens is 1. The molecule has 22 heavy (non-hydrogen) atoms. The molecule has 110 valence electrons. The van der Waals surface area contributed by atoms with Crippen LogP contribution in [0.1, 0.15) is 5.56 Å². The van der Waals surface area contributed by atoms with Crippen molar-refractivity contribution in [3.63, 3.8) is 0 Å². The number of carbonyl (C=O) groups excluding carboxylic acids is 2. The molecule has 0 bridgehead atoms. The number of hydrogen-bond acceptors (Lipinski definition) is 4. The molecule has 0 unspecified atom stereocenters. The van der Waals surface area contributed by atoms with Crippen molar-refractivity contribution in [1.82, 2.24) is 0 Å². The second-order valence-electron chi connectivity index (χ2n) is 4.69. The Kier molecular flexibility index (Phi) is 3.35. The average Bonchev–Trinajstić information content (AvgIpc) is 2.77. The number of hydrogen-bond donors (Lipinski definition) is 2. The zero-order valence-electron chi connectivity index (χ0n) is 11.2. The fraction of sp³-hybridized carbons (Fsp3) is 0. The number of nitrogens with zero attached hydrogens (tertiary/aromatic N) is 1. The van der Waals surface area contributed by atoms with Gasteiger partial charge in [-0.3, -0.25) is 9.59 Å². The highest BCUT2D eigenvalue weighted by Gasteiger charge is 2.34. The molecule has 0 saturated heterocycles. The summed E-state index contributed by atoms with van der Waals surface area (Å²) in [7, 11) is 0. The number of aromatic hydroxyl groups is 2. The normalized spacial score (nSPS) is 14.4. The van der Waals surface area contributed by atoms with Gasteiger partial charge < -0.3 is 10.2 Å². The average molecular weight is 316 g/mol. The minimum absolute atomic E-state index is 0.0124. The second kappa shape index (κ2) is 5.20. The van der Waals surface area contributed by atoms with Crippen LogP contribution < -0.4 is 4.90 Å². The van der Waals surface area contributed by atoms with Crippen LogP contribution in [-0.4, -0.2) is 22.0 Å². The Labute approximate surface area is 130 Å². The number of rotatable bonds is 2. The van der Waals surface area contributed by atoms with E-state index in [4.69, 9.17) is 11.6 Å². The van der Waals surface area contributed by atoms with Gasteiger partial charge >= 0.3 is 0 Å². The first-order chi connectivity index (χ1) is 10.5. The van der Waals surface area contributed by atoms with E-state index in [0.29, 0.717) is 10.7 Å². The van der Waals surface area contributed by atoms with E-state index >= 15 is 0 Å². The molecule has 3 rings (SSSR count). The molecule has 2 aromatic rings. The largest absolute Gasteiger partial charge is 0.504 e. The Bertz CT molecular complexity index is 829. The SMILES string of the molecule is O=C1C=C(c2cccc(O)c2O)C(=O)N1c1cccc(Cl)c1. The minimum atomic E-state index is -0.590. The maximum Gasteiger partial charge on any atom is 0.266 e. The summed E-state index contributed by atoms with van der Waals surface area (Å²) in [5.74, 6) is -1.93. The number of phenolic OH excluding ortho intramolecular Hbond substituents is 2. The molecule has 2 amide bonds. The number of imide groups is 1.